The predicted molar refractivity (Wildman–Crippen MR) is 131 cm³/mol. The van der Waals surface area contributed by atoms with Gasteiger partial charge in [-0.3, -0.25) is 4.79 Å². The van der Waals surface area contributed by atoms with Crippen LogP contribution < -0.4 is 4.74 Å². The van der Waals surface area contributed by atoms with E-state index in [1.54, 1.807) is 0 Å². The zero-order chi connectivity index (χ0) is 19.6. The van der Waals surface area contributed by atoms with Gasteiger partial charge in [0.1, 0.15) is 17.8 Å². The lowest BCUT2D eigenvalue weighted by atomic mass is 9.78. The van der Waals surface area contributed by atoms with E-state index in [-0.39, 0.29) is 43.8 Å². The second-order valence-electron chi connectivity index (χ2n) is 9.12. The molecule has 2 fully saturated rings. The van der Waals surface area contributed by atoms with Crippen molar-refractivity contribution >= 4 is 43.2 Å². The van der Waals surface area contributed by atoms with E-state index in [0.29, 0.717) is 18.9 Å². The summed E-state index contributed by atoms with van der Waals surface area (Å²) in [6.45, 7) is 4.07. The van der Waals surface area contributed by atoms with Gasteiger partial charge < -0.3 is 19.6 Å². The van der Waals surface area contributed by atoms with Crippen molar-refractivity contribution in [3.05, 3.63) is 29.3 Å². The molecule has 1 saturated carbocycles. The monoisotopic (exact) mass is 494 g/mol. The van der Waals surface area contributed by atoms with E-state index >= 15 is 0 Å². The smallest absolute Gasteiger partial charge is 0.313 e. The van der Waals surface area contributed by atoms with E-state index in [2.05, 4.69) is 29.0 Å². The van der Waals surface area contributed by atoms with Crippen LogP contribution in [-0.2, 0) is 17.8 Å². The molecule has 1 aromatic rings. The van der Waals surface area contributed by atoms with Crippen molar-refractivity contribution in [1.29, 1.82) is 0 Å². The summed E-state index contributed by atoms with van der Waals surface area (Å²) < 4.78 is 6.07. The van der Waals surface area contributed by atoms with E-state index in [0.717, 1.165) is 38.3 Å². The highest BCUT2D eigenvalue weighted by Gasteiger charge is 2.43. The number of carbonyl (C=O) groups is 1. The topological polar surface area (TPSA) is 53.0 Å². The molecular formula is C23H37Cl3N2O3. The standard InChI is InChI=1S/C23H34N2O3.3ClH/c1-24-12-9-18-7-8-21(15-19(18)16-24)28-17-23(22(26)27)10-13-25(14-11-23)20-5-3-2-4-6-20;;;/h7-8,15,20H,2-6,9-14,16-17H2,1H3,(H,26,27);3*1H. The number of benzene rings is 1. The first-order valence-electron chi connectivity index (χ1n) is 11.0. The minimum atomic E-state index is -0.752. The van der Waals surface area contributed by atoms with Crippen LogP contribution in [0.1, 0.15) is 56.1 Å². The van der Waals surface area contributed by atoms with Crippen molar-refractivity contribution in [3.63, 3.8) is 0 Å². The molecule has 1 aromatic carbocycles. The highest BCUT2D eigenvalue weighted by molar-refractivity contribution is 5.86. The third-order valence-electron chi connectivity index (χ3n) is 7.20. The Morgan fingerprint density at radius 1 is 1.06 bits per heavy atom. The van der Waals surface area contributed by atoms with Crippen LogP contribution in [0.25, 0.3) is 0 Å². The summed E-state index contributed by atoms with van der Waals surface area (Å²) in [5.41, 5.74) is 1.94. The molecule has 0 aromatic heterocycles. The van der Waals surface area contributed by atoms with E-state index in [9.17, 15) is 9.90 Å². The molecule has 0 radical (unpaired) electrons. The quantitative estimate of drug-likeness (QED) is 0.635. The van der Waals surface area contributed by atoms with Crippen molar-refractivity contribution in [2.24, 2.45) is 5.41 Å². The molecule has 1 saturated heterocycles. The number of carboxylic acid groups (broad SMARTS) is 1. The lowest BCUT2D eigenvalue weighted by Gasteiger charge is -2.43. The van der Waals surface area contributed by atoms with Crippen LogP contribution in [0.5, 0.6) is 5.75 Å². The highest BCUT2D eigenvalue weighted by atomic mass is 35.5. The van der Waals surface area contributed by atoms with Gasteiger partial charge in [-0.25, -0.2) is 0 Å². The molecule has 3 aliphatic rings. The first-order chi connectivity index (χ1) is 13.6. The number of nitrogens with zero attached hydrogens (tertiary/aromatic N) is 2. The number of fused-ring (bicyclic) bond motifs is 1. The maximum Gasteiger partial charge on any atom is 0.313 e. The first kappa shape index (κ1) is 28.3. The molecule has 4 rings (SSSR count). The maximum atomic E-state index is 12.2. The summed E-state index contributed by atoms with van der Waals surface area (Å²) in [5, 5.41) is 9.98. The van der Waals surface area contributed by atoms with Gasteiger partial charge in [-0.05, 0) is 75.5 Å². The fourth-order valence-electron chi connectivity index (χ4n) is 5.17. The van der Waals surface area contributed by atoms with Crippen LogP contribution in [0.2, 0.25) is 0 Å². The summed E-state index contributed by atoms with van der Waals surface area (Å²) in [5.74, 6) is 0.109. The van der Waals surface area contributed by atoms with Gasteiger partial charge in [-0.15, -0.1) is 37.2 Å². The number of hydrogen-bond acceptors (Lipinski definition) is 4. The van der Waals surface area contributed by atoms with Gasteiger partial charge in [-0.2, -0.15) is 0 Å². The van der Waals surface area contributed by atoms with E-state index in [1.807, 2.05) is 6.07 Å². The number of ether oxygens (including phenoxy) is 1. The zero-order valence-corrected chi connectivity index (χ0v) is 20.8. The van der Waals surface area contributed by atoms with Gasteiger partial charge in [0.05, 0.1) is 0 Å². The number of carboxylic acids is 1. The largest absolute Gasteiger partial charge is 0.492 e. The SMILES string of the molecule is CN1CCc2ccc(OCC3(C(=O)O)CCN(C4CCCCC4)CC3)cc2C1.Cl.Cl.Cl. The summed E-state index contributed by atoms with van der Waals surface area (Å²) in [7, 11) is 2.13. The predicted octanol–water partition coefficient (Wildman–Crippen LogP) is 4.82. The molecule has 0 unspecified atom stereocenters. The normalized spacial score (nSPS) is 21.6. The Labute approximate surface area is 205 Å². The Morgan fingerprint density at radius 2 is 1.74 bits per heavy atom. The molecule has 5 nitrogen and oxygen atoms in total. The van der Waals surface area contributed by atoms with Crippen LogP contribution >= 0.6 is 37.2 Å². The minimum absolute atomic E-state index is 0. The number of hydrogen-bond donors (Lipinski definition) is 1. The van der Waals surface area contributed by atoms with Crippen molar-refractivity contribution in [2.45, 2.75) is 64.0 Å². The second kappa shape index (κ2) is 12.5. The fraction of sp³-hybridized carbons (Fsp3) is 0.696. The van der Waals surface area contributed by atoms with E-state index in [1.165, 1.54) is 43.2 Å². The van der Waals surface area contributed by atoms with Crippen molar-refractivity contribution in [2.75, 3.05) is 33.3 Å². The molecule has 0 atom stereocenters. The lowest BCUT2D eigenvalue weighted by molar-refractivity contribution is -0.155. The summed E-state index contributed by atoms with van der Waals surface area (Å²) in [4.78, 5) is 17.0. The Balaban J connectivity index is 0.00000160. The Bertz CT molecular complexity index is 705. The van der Waals surface area contributed by atoms with Gasteiger partial charge in [0.15, 0.2) is 0 Å². The Morgan fingerprint density at radius 3 is 2.39 bits per heavy atom. The molecule has 8 heteroatoms. The Kier molecular flexibility index (Phi) is 11.4. The van der Waals surface area contributed by atoms with Crippen molar-refractivity contribution in [1.82, 2.24) is 9.80 Å². The molecule has 0 amide bonds. The third kappa shape index (κ3) is 6.64. The van der Waals surface area contributed by atoms with Gasteiger partial charge in [0.25, 0.3) is 0 Å². The molecular weight excluding hydrogens is 459 g/mol. The molecule has 1 N–H and O–H groups in total. The van der Waals surface area contributed by atoms with Crippen molar-refractivity contribution in [3.8, 4) is 5.75 Å². The first-order valence-corrected chi connectivity index (χ1v) is 11.0. The van der Waals surface area contributed by atoms with Crippen molar-refractivity contribution < 1.29 is 14.6 Å². The molecule has 2 aliphatic heterocycles. The fourth-order valence-corrected chi connectivity index (χ4v) is 5.17. The van der Waals surface area contributed by atoms with Crippen LogP contribution in [0.15, 0.2) is 18.2 Å². The molecule has 1 aliphatic carbocycles. The van der Waals surface area contributed by atoms with Crippen LogP contribution in [-0.4, -0.2) is 60.2 Å². The van der Waals surface area contributed by atoms with Crippen LogP contribution in [0.4, 0.5) is 0 Å². The lowest BCUT2D eigenvalue weighted by Crippen LogP contribution is -2.50. The molecule has 31 heavy (non-hydrogen) atoms. The van der Waals surface area contributed by atoms with Crippen LogP contribution in [0.3, 0.4) is 0 Å². The summed E-state index contributed by atoms with van der Waals surface area (Å²) in [6.07, 6.45) is 9.00. The zero-order valence-electron chi connectivity index (χ0n) is 18.4. The average Bonchev–Trinajstić information content (AvgIpc) is 2.73. The van der Waals surface area contributed by atoms with Gasteiger partial charge in [-0.1, -0.05) is 25.3 Å². The molecule has 0 bridgehead atoms. The second-order valence-corrected chi connectivity index (χ2v) is 9.12. The number of aliphatic carboxylic acids is 1. The maximum absolute atomic E-state index is 12.2. The number of halogens is 3. The average molecular weight is 496 g/mol. The van der Waals surface area contributed by atoms with E-state index < -0.39 is 11.4 Å². The summed E-state index contributed by atoms with van der Waals surface area (Å²) in [6, 6.07) is 6.94. The molecule has 2 heterocycles. The highest BCUT2D eigenvalue weighted by Crippen LogP contribution is 2.36. The number of likely N-dealkylation sites (N-methyl/N-ethyl adjacent to an activating group) is 1. The molecule has 0 spiro atoms. The number of rotatable bonds is 5. The van der Waals surface area contributed by atoms with Gasteiger partial charge >= 0.3 is 5.97 Å². The Hall–Kier alpha value is -0.720. The van der Waals surface area contributed by atoms with Gasteiger partial charge in [0.2, 0.25) is 0 Å². The van der Waals surface area contributed by atoms with E-state index in [4.69, 9.17) is 4.74 Å². The van der Waals surface area contributed by atoms with Gasteiger partial charge in [0, 0.05) is 19.1 Å². The third-order valence-corrected chi connectivity index (χ3v) is 7.20. The summed E-state index contributed by atoms with van der Waals surface area (Å²) >= 11 is 0. The minimum Gasteiger partial charge on any atom is -0.492 e. The number of piperidine rings is 1. The molecule has 178 valence electrons. The van der Waals surface area contributed by atoms with Crippen LogP contribution in [0, 0.1) is 5.41 Å². The number of likely N-dealkylation sites (tertiary alicyclic amines) is 1.